The molecule has 2 rings (SSSR count). The van der Waals surface area contributed by atoms with E-state index in [1.807, 2.05) is 0 Å². The summed E-state index contributed by atoms with van der Waals surface area (Å²) in [6.07, 6.45) is 0. The Morgan fingerprint density at radius 1 is 0.923 bits per heavy atom. The number of benzene rings is 1. The lowest BCUT2D eigenvalue weighted by atomic mass is 10.1. The highest BCUT2D eigenvalue weighted by molar-refractivity contribution is 5.77. The molecule has 0 aliphatic carbocycles. The summed E-state index contributed by atoms with van der Waals surface area (Å²) >= 11 is 0. The van der Waals surface area contributed by atoms with Gasteiger partial charge < -0.3 is 9.80 Å². The molecule has 1 aliphatic heterocycles. The number of anilines is 2. The van der Waals surface area contributed by atoms with E-state index in [2.05, 4.69) is 49.9 Å². The third-order valence-electron chi connectivity index (χ3n) is 2.84. The van der Waals surface area contributed by atoms with E-state index < -0.39 is 0 Å². The molecule has 0 fully saturated rings. The first kappa shape index (κ1) is 8.42. The molecule has 70 valence electrons. The summed E-state index contributed by atoms with van der Waals surface area (Å²) in [4.78, 5) is 4.56. The van der Waals surface area contributed by atoms with E-state index in [1.54, 1.807) is 0 Å². The normalized spacial score (nSPS) is 15.1. The fourth-order valence-corrected chi connectivity index (χ4v) is 1.87. The highest BCUT2D eigenvalue weighted by Crippen LogP contribution is 2.35. The standard InChI is InChI=1S/C11H16N2/c1-8-5-10-11(6-9(8)2)13(4)7-12(10)3/h5-6H,7H2,1-4H3. The van der Waals surface area contributed by atoms with Crippen molar-refractivity contribution < 1.29 is 0 Å². The van der Waals surface area contributed by atoms with Gasteiger partial charge >= 0.3 is 0 Å². The highest BCUT2D eigenvalue weighted by atomic mass is 15.3. The zero-order valence-electron chi connectivity index (χ0n) is 8.76. The van der Waals surface area contributed by atoms with Crippen molar-refractivity contribution in [2.45, 2.75) is 13.8 Å². The lowest BCUT2D eigenvalue weighted by molar-refractivity contribution is 0.915. The Labute approximate surface area is 79.8 Å². The Hall–Kier alpha value is -1.18. The SMILES string of the molecule is Cc1cc2c(cc1C)N(C)CN2C. The van der Waals surface area contributed by atoms with Crippen LogP contribution in [0, 0.1) is 13.8 Å². The highest BCUT2D eigenvalue weighted by Gasteiger charge is 2.20. The Kier molecular flexibility index (Phi) is 1.72. The quantitative estimate of drug-likeness (QED) is 0.597. The average Bonchev–Trinajstić information content (AvgIpc) is 2.31. The third kappa shape index (κ3) is 1.17. The van der Waals surface area contributed by atoms with Crippen LogP contribution >= 0.6 is 0 Å². The molecular formula is C11H16N2. The van der Waals surface area contributed by atoms with Gasteiger partial charge in [-0.2, -0.15) is 0 Å². The summed E-state index contributed by atoms with van der Waals surface area (Å²) in [6.45, 7) is 5.34. The molecule has 1 aromatic rings. The van der Waals surface area contributed by atoms with Gasteiger partial charge in [-0.15, -0.1) is 0 Å². The number of aryl methyl sites for hydroxylation is 2. The van der Waals surface area contributed by atoms with Crippen LogP contribution < -0.4 is 9.80 Å². The molecule has 0 bridgehead atoms. The maximum Gasteiger partial charge on any atom is 0.0898 e. The third-order valence-corrected chi connectivity index (χ3v) is 2.84. The molecule has 0 unspecified atom stereocenters. The van der Waals surface area contributed by atoms with Crippen LogP contribution in [-0.2, 0) is 0 Å². The molecule has 2 nitrogen and oxygen atoms in total. The van der Waals surface area contributed by atoms with Crippen molar-refractivity contribution in [2.75, 3.05) is 30.6 Å². The molecule has 1 aromatic carbocycles. The molecule has 1 aliphatic rings. The minimum absolute atomic E-state index is 0.998. The van der Waals surface area contributed by atoms with E-state index in [9.17, 15) is 0 Å². The Balaban J connectivity index is 2.58. The van der Waals surface area contributed by atoms with Gasteiger partial charge in [-0.05, 0) is 37.1 Å². The predicted octanol–water partition coefficient (Wildman–Crippen LogP) is 2.15. The van der Waals surface area contributed by atoms with Gasteiger partial charge in [-0.1, -0.05) is 0 Å². The van der Waals surface area contributed by atoms with Crippen molar-refractivity contribution in [3.05, 3.63) is 23.3 Å². The van der Waals surface area contributed by atoms with Crippen molar-refractivity contribution in [1.29, 1.82) is 0 Å². The Morgan fingerprint density at radius 2 is 1.31 bits per heavy atom. The Bertz CT molecular complexity index is 311. The van der Waals surface area contributed by atoms with E-state index in [4.69, 9.17) is 0 Å². The van der Waals surface area contributed by atoms with Crippen LogP contribution in [0.5, 0.6) is 0 Å². The molecule has 0 atom stereocenters. The van der Waals surface area contributed by atoms with Crippen LogP contribution in [0.25, 0.3) is 0 Å². The number of hydrogen-bond donors (Lipinski definition) is 0. The largest absolute Gasteiger partial charge is 0.355 e. The minimum Gasteiger partial charge on any atom is -0.355 e. The lowest BCUT2D eigenvalue weighted by Gasteiger charge is -2.11. The molecule has 0 radical (unpaired) electrons. The number of hydrogen-bond acceptors (Lipinski definition) is 2. The Morgan fingerprint density at radius 3 is 1.69 bits per heavy atom. The smallest absolute Gasteiger partial charge is 0.0898 e. The van der Waals surface area contributed by atoms with Crippen LogP contribution in [0.2, 0.25) is 0 Å². The van der Waals surface area contributed by atoms with Gasteiger partial charge in [-0.3, -0.25) is 0 Å². The van der Waals surface area contributed by atoms with Gasteiger partial charge in [0, 0.05) is 14.1 Å². The van der Waals surface area contributed by atoms with E-state index in [0.29, 0.717) is 0 Å². The van der Waals surface area contributed by atoms with Gasteiger partial charge in [0.05, 0.1) is 18.0 Å². The van der Waals surface area contributed by atoms with E-state index in [0.717, 1.165) is 6.67 Å². The maximum atomic E-state index is 2.28. The molecule has 1 heterocycles. The van der Waals surface area contributed by atoms with Crippen LogP contribution in [0.1, 0.15) is 11.1 Å². The predicted molar refractivity (Wildman–Crippen MR) is 57.6 cm³/mol. The zero-order valence-corrected chi connectivity index (χ0v) is 8.76. The summed E-state index contributed by atoms with van der Waals surface area (Å²) < 4.78 is 0. The van der Waals surface area contributed by atoms with Crippen molar-refractivity contribution in [1.82, 2.24) is 0 Å². The van der Waals surface area contributed by atoms with Gasteiger partial charge in [0.25, 0.3) is 0 Å². The molecule has 0 spiro atoms. The zero-order chi connectivity index (χ0) is 9.59. The molecule has 0 N–H and O–H groups in total. The van der Waals surface area contributed by atoms with Gasteiger partial charge in [-0.25, -0.2) is 0 Å². The van der Waals surface area contributed by atoms with Gasteiger partial charge in [0.15, 0.2) is 0 Å². The second-order valence-corrected chi connectivity index (χ2v) is 3.96. The summed E-state index contributed by atoms with van der Waals surface area (Å²) in [5, 5.41) is 0. The molecule has 0 saturated carbocycles. The first-order valence-electron chi connectivity index (χ1n) is 4.63. The van der Waals surface area contributed by atoms with Gasteiger partial charge in [0.1, 0.15) is 0 Å². The lowest BCUT2D eigenvalue weighted by Crippen LogP contribution is -2.23. The molecule has 13 heavy (non-hydrogen) atoms. The summed E-state index contributed by atoms with van der Waals surface area (Å²) in [6, 6.07) is 4.54. The minimum atomic E-state index is 0.998. The second-order valence-electron chi connectivity index (χ2n) is 3.96. The van der Waals surface area contributed by atoms with Crippen molar-refractivity contribution in [3.63, 3.8) is 0 Å². The van der Waals surface area contributed by atoms with E-state index in [1.165, 1.54) is 22.5 Å². The topological polar surface area (TPSA) is 6.48 Å². The fraction of sp³-hybridized carbons (Fsp3) is 0.455. The summed E-state index contributed by atoms with van der Waals surface area (Å²) in [5.41, 5.74) is 5.46. The average molecular weight is 176 g/mol. The van der Waals surface area contributed by atoms with E-state index >= 15 is 0 Å². The fourth-order valence-electron chi connectivity index (χ4n) is 1.87. The number of fused-ring (bicyclic) bond motifs is 1. The van der Waals surface area contributed by atoms with E-state index in [-0.39, 0.29) is 0 Å². The van der Waals surface area contributed by atoms with Crippen molar-refractivity contribution in [3.8, 4) is 0 Å². The maximum absolute atomic E-state index is 2.28. The molecular weight excluding hydrogens is 160 g/mol. The van der Waals surface area contributed by atoms with Gasteiger partial charge in [0.2, 0.25) is 0 Å². The summed E-state index contributed by atoms with van der Waals surface area (Å²) in [7, 11) is 4.27. The first-order valence-corrected chi connectivity index (χ1v) is 4.63. The molecule has 0 amide bonds. The van der Waals surface area contributed by atoms with Crippen LogP contribution in [-0.4, -0.2) is 20.8 Å². The summed E-state index contributed by atoms with van der Waals surface area (Å²) in [5.74, 6) is 0. The van der Waals surface area contributed by atoms with Crippen molar-refractivity contribution >= 4 is 11.4 Å². The van der Waals surface area contributed by atoms with Crippen LogP contribution in [0.4, 0.5) is 11.4 Å². The van der Waals surface area contributed by atoms with Crippen LogP contribution in [0.15, 0.2) is 12.1 Å². The monoisotopic (exact) mass is 176 g/mol. The molecule has 0 saturated heterocycles. The first-order chi connectivity index (χ1) is 6.09. The number of rotatable bonds is 0. The van der Waals surface area contributed by atoms with Crippen LogP contribution in [0.3, 0.4) is 0 Å². The molecule has 2 heteroatoms. The van der Waals surface area contributed by atoms with Crippen molar-refractivity contribution in [2.24, 2.45) is 0 Å². The number of nitrogens with zero attached hydrogens (tertiary/aromatic N) is 2. The molecule has 0 aromatic heterocycles. The second kappa shape index (κ2) is 2.66.